The number of pyridine rings is 2. The summed E-state index contributed by atoms with van der Waals surface area (Å²) in [5.41, 5.74) is 0.473. The smallest absolute Gasteiger partial charge is 0.410 e. The summed E-state index contributed by atoms with van der Waals surface area (Å²) in [7, 11) is 0. The third-order valence-electron chi connectivity index (χ3n) is 4.91. The first-order chi connectivity index (χ1) is 14.8. The topological polar surface area (TPSA) is 93.7 Å². The Morgan fingerprint density at radius 1 is 1.13 bits per heavy atom. The van der Waals surface area contributed by atoms with Gasteiger partial charge in [0.25, 0.3) is 0 Å². The van der Waals surface area contributed by atoms with Gasteiger partial charge in [-0.1, -0.05) is 0 Å². The van der Waals surface area contributed by atoms with E-state index in [1.54, 1.807) is 35.6 Å². The summed E-state index contributed by atoms with van der Waals surface area (Å²) >= 11 is 0. The van der Waals surface area contributed by atoms with Crippen molar-refractivity contribution in [3.05, 3.63) is 48.4 Å². The molecule has 1 N–H and O–H groups in total. The number of nitrogens with one attached hydrogen (secondary N) is 1. The molecule has 0 unspecified atom stereocenters. The number of ether oxygens (including phenoxy) is 2. The van der Waals surface area contributed by atoms with Crippen LogP contribution in [0.2, 0.25) is 0 Å². The minimum atomic E-state index is -0.506. The molecule has 166 valence electrons. The van der Waals surface area contributed by atoms with Crippen molar-refractivity contribution in [2.24, 2.45) is 5.92 Å². The average molecular weight is 427 g/mol. The van der Waals surface area contributed by atoms with Gasteiger partial charge < -0.3 is 19.7 Å². The van der Waals surface area contributed by atoms with Crippen LogP contribution in [0, 0.1) is 5.92 Å². The van der Waals surface area contributed by atoms with E-state index in [-0.39, 0.29) is 17.9 Å². The molecular weight excluding hydrogens is 396 g/mol. The first kappa shape index (κ1) is 22.5. The molecule has 2 aromatic rings. The molecular formula is C23H30N4O4. The van der Waals surface area contributed by atoms with E-state index in [1.165, 1.54) is 0 Å². The maximum absolute atomic E-state index is 12.6. The molecule has 0 aromatic carbocycles. The molecule has 1 aliphatic rings. The van der Waals surface area contributed by atoms with E-state index in [1.807, 2.05) is 32.9 Å². The fourth-order valence-corrected chi connectivity index (χ4v) is 3.33. The molecule has 0 radical (unpaired) electrons. The van der Waals surface area contributed by atoms with Crippen LogP contribution in [-0.2, 0) is 16.1 Å². The van der Waals surface area contributed by atoms with Gasteiger partial charge in [-0.15, -0.1) is 0 Å². The maximum Gasteiger partial charge on any atom is 0.410 e. The van der Waals surface area contributed by atoms with Gasteiger partial charge >= 0.3 is 6.09 Å². The van der Waals surface area contributed by atoms with E-state index in [0.29, 0.717) is 37.7 Å². The Kier molecular flexibility index (Phi) is 7.44. The van der Waals surface area contributed by atoms with E-state index in [0.717, 1.165) is 18.4 Å². The van der Waals surface area contributed by atoms with Gasteiger partial charge in [0.15, 0.2) is 11.6 Å². The first-order valence-electron chi connectivity index (χ1n) is 10.5. The van der Waals surface area contributed by atoms with Gasteiger partial charge in [0.1, 0.15) is 12.2 Å². The lowest BCUT2D eigenvalue weighted by Gasteiger charge is -2.33. The number of hydrogen-bond acceptors (Lipinski definition) is 6. The SMILES string of the molecule is CC(C)(C)OC(=O)N1CCC(CC(=O)Nc2ncccc2OCc2ccncc2)CC1. The van der Waals surface area contributed by atoms with E-state index >= 15 is 0 Å². The third-order valence-corrected chi connectivity index (χ3v) is 4.91. The van der Waals surface area contributed by atoms with Crippen molar-refractivity contribution >= 4 is 17.8 Å². The fraction of sp³-hybridized carbons (Fsp3) is 0.478. The molecule has 3 heterocycles. The van der Waals surface area contributed by atoms with Crippen molar-refractivity contribution in [3.8, 4) is 5.75 Å². The second kappa shape index (κ2) is 10.2. The number of hydrogen-bond donors (Lipinski definition) is 1. The molecule has 0 aliphatic carbocycles. The van der Waals surface area contributed by atoms with Crippen LogP contribution in [0.3, 0.4) is 0 Å². The molecule has 1 fully saturated rings. The summed E-state index contributed by atoms with van der Waals surface area (Å²) in [4.78, 5) is 34.7. The van der Waals surface area contributed by atoms with Gasteiger partial charge in [-0.05, 0) is 69.4 Å². The minimum Gasteiger partial charge on any atom is -0.485 e. The highest BCUT2D eigenvalue weighted by atomic mass is 16.6. The van der Waals surface area contributed by atoms with Gasteiger partial charge in [-0.25, -0.2) is 9.78 Å². The lowest BCUT2D eigenvalue weighted by Crippen LogP contribution is -2.42. The molecule has 8 nitrogen and oxygen atoms in total. The predicted octanol–water partition coefficient (Wildman–Crippen LogP) is 4.03. The Bertz CT molecular complexity index is 875. The summed E-state index contributed by atoms with van der Waals surface area (Å²) in [6, 6.07) is 7.30. The number of amides is 2. The largest absolute Gasteiger partial charge is 0.485 e. The molecule has 0 atom stereocenters. The molecule has 8 heteroatoms. The number of carbonyl (C=O) groups excluding carboxylic acids is 2. The van der Waals surface area contributed by atoms with E-state index < -0.39 is 5.60 Å². The van der Waals surface area contributed by atoms with E-state index in [2.05, 4.69) is 15.3 Å². The van der Waals surface area contributed by atoms with Crippen LogP contribution in [0.15, 0.2) is 42.9 Å². The number of anilines is 1. The summed E-state index contributed by atoms with van der Waals surface area (Å²) in [6.45, 7) is 7.12. The lowest BCUT2D eigenvalue weighted by atomic mass is 9.93. The monoisotopic (exact) mass is 426 g/mol. The maximum atomic E-state index is 12.6. The van der Waals surface area contributed by atoms with E-state index in [9.17, 15) is 9.59 Å². The number of piperidine rings is 1. The van der Waals surface area contributed by atoms with Crippen LogP contribution in [0.5, 0.6) is 5.75 Å². The van der Waals surface area contributed by atoms with Gasteiger partial charge in [0, 0.05) is 38.1 Å². The quantitative estimate of drug-likeness (QED) is 0.750. The zero-order valence-electron chi connectivity index (χ0n) is 18.3. The van der Waals surface area contributed by atoms with Crippen molar-refractivity contribution in [1.29, 1.82) is 0 Å². The minimum absolute atomic E-state index is 0.108. The van der Waals surface area contributed by atoms with Gasteiger partial charge in [-0.3, -0.25) is 9.78 Å². The molecule has 3 rings (SSSR count). The van der Waals surface area contributed by atoms with E-state index in [4.69, 9.17) is 9.47 Å². The Hall–Kier alpha value is -3.16. The van der Waals surface area contributed by atoms with Gasteiger partial charge in [-0.2, -0.15) is 0 Å². The summed E-state index contributed by atoms with van der Waals surface area (Å²) in [6.07, 6.45) is 6.65. The third kappa shape index (κ3) is 7.24. The standard InChI is InChI=1S/C23H30N4O4/c1-23(2,3)31-22(29)27-13-8-17(9-14-27)15-20(28)26-21-19(5-4-10-25-21)30-16-18-6-11-24-12-7-18/h4-7,10-12,17H,8-9,13-16H2,1-3H3,(H,25,26,28). The van der Waals surface area contributed by atoms with Crippen molar-refractivity contribution in [3.63, 3.8) is 0 Å². The Balaban J connectivity index is 1.48. The summed E-state index contributed by atoms with van der Waals surface area (Å²) < 4.78 is 11.3. The van der Waals surface area contributed by atoms with Crippen molar-refractivity contribution < 1.29 is 19.1 Å². The Labute approximate surface area is 183 Å². The molecule has 1 aliphatic heterocycles. The Morgan fingerprint density at radius 2 is 1.84 bits per heavy atom. The number of likely N-dealkylation sites (tertiary alicyclic amines) is 1. The number of aromatic nitrogens is 2. The number of nitrogens with zero attached hydrogens (tertiary/aromatic N) is 3. The van der Waals surface area contributed by atoms with Gasteiger partial charge in [0.05, 0.1) is 0 Å². The highest BCUT2D eigenvalue weighted by molar-refractivity contribution is 5.91. The lowest BCUT2D eigenvalue weighted by molar-refractivity contribution is -0.117. The highest BCUT2D eigenvalue weighted by Crippen LogP contribution is 2.25. The van der Waals surface area contributed by atoms with Crippen molar-refractivity contribution in [1.82, 2.24) is 14.9 Å². The van der Waals surface area contributed by atoms with Crippen LogP contribution < -0.4 is 10.1 Å². The zero-order valence-corrected chi connectivity index (χ0v) is 18.3. The molecule has 2 amide bonds. The molecule has 0 spiro atoms. The van der Waals surface area contributed by atoms with Crippen LogP contribution in [0.1, 0.15) is 45.6 Å². The normalized spacial score (nSPS) is 14.7. The predicted molar refractivity (Wildman–Crippen MR) is 117 cm³/mol. The van der Waals surface area contributed by atoms with Crippen LogP contribution in [0.25, 0.3) is 0 Å². The average Bonchev–Trinajstić information content (AvgIpc) is 2.73. The Morgan fingerprint density at radius 3 is 2.52 bits per heavy atom. The second-order valence-corrected chi connectivity index (χ2v) is 8.66. The van der Waals surface area contributed by atoms with Crippen molar-refractivity contribution in [2.75, 3.05) is 18.4 Å². The van der Waals surface area contributed by atoms with Crippen LogP contribution in [-0.4, -0.2) is 45.6 Å². The van der Waals surface area contributed by atoms with Crippen LogP contribution in [0.4, 0.5) is 10.6 Å². The zero-order chi connectivity index (χ0) is 22.3. The van der Waals surface area contributed by atoms with Crippen molar-refractivity contribution in [2.45, 2.75) is 52.2 Å². The molecule has 1 saturated heterocycles. The molecule has 0 saturated carbocycles. The summed E-state index contributed by atoms with van der Waals surface area (Å²) in [5, 5.41) is 2.87. The highest BCUT2D eigenvalue weighted by Gasteiger charge is 2.28. The second-order valence-electron chi connectivity index (χ2n) is 8.66. The fourth-order valence-electron chi connectivity index (χ4n) is 3.33. The number of rotatable bonds is 6. The molecule has 0 bridgehead atoms. The number of carbonyl (C=O) groups is 2. The first-order valence-corrected chi connectivity index (χ1v) is 10.5. The summed E-state index contributed by atoms with van der Waals surface area (Å²) in [5.74, 6) is 1.03. The molecule has 31 heavy (non-hydrogen) atoms. The van der Waals surface area contributed by atoms with Gasteiger partial charge in [0.2, 0.25) is 5.91 Å². The molecule has 2 aromatic heterocycles. The van der Waals surface area contributed by atoms with Crippen LogP contribution >= 0.6 is 0 Å².